The van der Waals surface area contributed by atoms with E-state index in [-0.39, 0.29) is 0 Å². The molecular weight excluding hydrogens is 695 g/mol. The molecule has 11 rings (SSSR count). The number of hydrogen-bond donors (Lipinski definition) is 0. The van der Waals surface area contributed by atoms with Crippen molar-refractivity contribution in [3.05, 3.63) is 193 Å². The van der Waals surface area contributed by atoms with Gasteiger partial charge in [0.25, 0.3) is 0 Å². The molecule has 0 aliphatic heterocycles. The molecule has 0 saturated carbocycles. The van der Waals surface area contributed by atoms with Crippen LogP contribution in [0.2, 0.25) is 0 Å². The molecule has 5 heteroatoms. The molecule has 10 aromatic rings. The van der Waals surface area contributed by atoms with Crippen molar-refractivity contribution in [1.29, 1.82) is 0 Å². The second kappa shape index (κ2) is 13.4. The maximum absolute atomic E-state index is 5.38. The zero-order valence-corrected chi connectivity index (χ0v) is 31.4. The molecule has 0 bridgehead atoms. The summed E-state index contributed by atoms with van der Waals surface area (Å²) in [5.41, 5.74) is 13.5. The highest BCUT2D eigenvalue weighted by molar-refractivity contribution is 6.22. The molecule has 270 valence electrons. The first-order valence-electron chi connectivity index (χ1n) is 19.6. The first-order chi connectivity index (χ1) is 28.2. The topological polar surface area (TPSA) is 48.5 Å². The molecule has 1 aliphatic carbocycles. The maximum atomic E-state index is 5.38. The molecule has 0 radical (unpaired) electrons. The van der Waals surface area contributed by atoms with E-state index in [2.05, 4.69) is 192 Å². The molecule has 3 heterocycles. The van der Waals surface area contributed by atoms with Gasteiger partial charge in [-0.05, 0) is 58.9 Å². The van der Waals surface area contributed by atoms with Gasteiger partial charge in [0.05, 0.1) is 16.6 Å². The Hall–Kier alpha value is -7.37. The molecule has 0 fully saturated rings. The van der Waals surface area contributed by atoms with Crippen LogP contribution in [0.25, 0.3) is 95.5 Å². The number of aromatic nitrogens is 5. The summed E-state index contributed by atoms with van der Waals surface area (Å²) < 4.78 is 4.73. The van der Waals surface area contributed by atoms with Crippen molar-refractivity contribution in [3.8, 4) is 56.7 Å². The summed E-state index contributed by atoms with van der Waals surface area (Å²) in [6, 6.07) is 62.0. The molecule has 5 nitrogen and oxygen atoms in total. The molecule has 1 unspecified atom stereocenters. The minimum atomic E-state index is 0.360. The highest BCUT2D eigenvalue weighted by atomic mass is 15.2. The third-order valence-corrected chi connectivity index (χ3v) is 11.4. The lowest BCUT2D eigenvalue weighted by atomic mass is 9.94. The van der Waals surface area contributed by atoms with Crippen molar-refractivity contribution in [3.63, 3.8) is 0 Å². The normalized spacial score (nSPS) is 13.7. The Balaban J connectivity index is 1.18. The molecule has 7 aromatic carbocycles. The Morgan fingerprint density at radius 3 is 1.60 bits per heavy atom. The van der Waals surface area contributed by atoms with Crippen molar-refractivity contribution < 1.29 is 0 Å². The molecule has 3 aromatic heterocycles. The van der Waals surface area contributed by atoms with Crippen molar-refractivity contribution in [2.45, 2.75) is 13.3 Å². The van der Waals surface area contributed by atoms with Crippen molar-refractivity contribution in [2.75, 3.05) is 0 Å². The number of hydrogen-bond acceptors (Lipinski definition) is 3. The van der Waals surface area contributed by atoms with Crippen LogP contribution in [0.4, 0.5) is 0 Å². The van der Waals surface area contributed by atoms with Crippen LogP contribution in [-0.4, -0.2) is 24.1 Å². The van der Waals surface area contributed by atoms with Gasteiger partial charge in [0.15, 0.2) is 11.6 Å². The van der Waals surface area contributed by atoms with Crippen molar-refractivity contribution in [2.24, 2.45) is 5.92 Å². The zero-order valence-electron chi connectivity index (χ0n) is 31.4. The van der Waals surface area contributed by atoms with E-state index in [0.29, 0.717) is 23.5 Å². The first kappa shape index (κ1) is 33.0. The van der Waals surface area contributed by atoms with Gasteiger partial charge < -0.3 is 4.57 Å². The number of benzene rings is 7. The lowest BCUT2D eigenvalue weighted by Crippen LogP contribution is -2.12. The summed E-state index contributed by atoms with van der Waals surface area (Å²) in [7, 11) is 0. The lowest BCUT2D eigenvalue weighted by molar-refractivity contribution is 0.684. The van der Waals surface area contributed by atoms with Gasteiger partial charge in [-0.1, -0.05) is 171 Å². The summed E-state index contributed by atoms with van der Waals surface area (Å²) in [5.74, 6) is 2.25. The fourth-order valence-electron chi connectivity index (χ4n) is 8.61. The van der Waals surface area contributed by atoms with Crippen LogP contribution in [0.3, 0.4) is 0 Å². The number of rotatable bonds is 6. The van der Waals surface area contributed by atoms with Crippen LogP contribution in [0, 0.1) is 5.92 Å². The first-order valence-corrected chi connectivity index (χ1v) is 19.6. The monoisotopic (exact) mass is 731 g/mol. The highest BCUT2D eigenvalue weighted by Gasteiger charge is 2.27. The predicted molar refractivity (Wildman–Crippen MR) is 235 cm³/mol. The molecule has 1 atom stereocenters. The smallest absolute Gasteiger partial charge is 0.238 e. The molecule has 0 spiro atoms. The second-order valence-electron chi connectivity index (χ2n) is 14.9. The van der Waals surface area contributed by atoms with E-state index in [0.717, 1.165) is 50.9 Å². The van der Waals surface area contributed by atoms with Gasteiger partial charge in [0, 0.05) is 44.2 Å². The molecule has 0 saturated heterocycles. The van der Waals surface area contributed by atoms with Crippen LogP contribution in [-0.2, 0) is 6.42 Å². The summed E-state index contributed by atoms with van der Waals surface area (Å²) in [5, 5.41) is 3.57. The van der Waals surface area contributed by atoms with Gasteiger partial charge in [0.2, 0.25) is 5.95 Å². The van der Waals surface area contributed by atoms with Gasteiger partial charge in [-0.3, -0.25) is 4.57 Å². The minimum Gasteiger partial charge on any atom is -0.309 e. The van der Waals surface area contributed by atoms with Gasteiger partial charge in [0.1, 0.15) is 0 Å². The predicted octanol–water partition coefficient (Wildman–Crippen LogP) is 12.8. The van der Waals surface area contributed by atoms with Crippen molar-refractivity contribution >= 4 is 38.8 Å². The SMILES string of the molecule is CC1C=Cc2c(n(-c3nc(-c4ccc(-c5ccccc5)cc4)nc(-c4ccc(-c5ccccc5)cc4)n3)c3c2ccc2c3c3ccccc3n2-c2ccccc2)C1. The second-order valence-corrected chi connectivity index (χ2v) is 14.9. The van der Waals surface area contributed by atoms with E-state index in [1.165, 1.54) is 38.5 Å². The quantitative estimate of drug-likeness (QED) is 0.171. The van der Waals surface area contributed by atoms with Crippen LogP contribution in [0.1, 0.15) is 18.2 Å². The number of fused-ring (bicyclic) bond motifs is 7. The Morgan fingerprint density at radius 2 is 0.982 bits per heavy atom. The standard InChI is InChI=1S/C52H37N5/c1-34-21-30-42-43-31-32-46-48(44-19-11-12-20-45(44)56(46)41-17-9-4-10-18-41)49(43)57(47(42)33-34)52-54-50(39-26-22-37(23-27-39)35-13-5-2-6-14-35)53-51(55-52)40-28-24-38(25-29-40)36-15-7-3-8-16-36/h2-32,34H,33H2,1H3. The average Bonchev–Trinajstić information content (AvgIpc) is 3.79. The summed E-state index contributed by atoms with van der Waals surface area (Å²) in [6.07, 6.45) is 5.50. The Labute approximate surface area is 330 Å². The molecule has 0 amide bonds. The minimum absolute atomic E-state index is 0.360. The van der Waals surface area contributed by atoms with Gasteiger partial charge >= 0.3 is 0 Å². The van der Waals surface area contributed by atoms with E-state index < -0.39 is 0 Å². The van der Waals surface area contributed by atoms with E-state index in [4.69, 9.17) is 15.0 Å². The maximum Gasteiger partial charge on any atom is 0.238 e. The average molecular weight is 732 g/mol. The fraction of sp³-hybridized carbons (Fsp3) is 0.0577. The molecule has 57 heavy (non-hydrogen) atoms. The third kappa shape index (κ3) is 5.58. The van der Waals surface area contributed by atoms with Gasteiger partial charge in [-0.25, -0.2) is 4.98 Å². The summed E-state index contributed by atoms with van der Waals surface area (Å²) >= 11 is 0. The van der Waals surface area contributed by atoms with E-state index in [1.54, 1.807) is 0 Å². The summed E-state index contributed by atoms with van der Waals surface area (Å²) in [6.45, 7) is 2.28. The van der Waals surface area contributed by atoms with E-state index >= 15 is 0 Å². The van der Waals surface area contributed by atoms with Crippen LogP contribution in [0.5, 0.6) is 0 Å². The Kier molecular flexibility index (Phi) is 7.78. The lowest BCUT2D eigenvalue weighted by Gasteiger charge is -2.17. The van der Waals surface area contributed by atoms with E-state index in [9.17, 15) is 0 Å². The van der Waals surface area contributed by atoms with Crippen molar-refractivity contribution in [1.82, 2.24) is 24.1 Å². The number of allylic oxidation sites excluding steroid dienone is 1. The third-order valence-electron chi connectivity index (χ3n) is 11.4. The molecule has 0 N–H and O–H groups in total. The number of nitrogens with zero attached hydrogens (tertiary/aromatic N) is 5. The Bertz CT molecular complexity index is 3020. The summed E-state index contributed by atoms with van der Waals surface area (Å²) in [4.78, 5) is 16.0. The highest BCUT2D eigenvalue weighted by Crippen LogP contribution is 2.43. The molecular formula is C52H37N5. The zero-order chi connectivity index (χ0) is 37.9. The molecule has 1 aliphatic rings. The fourth-order valence-corrected chi connectivity index (χ4v) is 8.61. The van der Waals surface area contributed by atoms with Gasteiger partial charge in [-0.15, -0.1) is 0 Å². The largest absolute Gasteiger partial charge is 0.309 e. The van der Waals surface area contributed by atoms with Crippen LogP contribution < -0.4 is 0 Å². The number of para-hydroxylation sites is 2. The van der Waals surface area contributed by atoms with E-state index in [1.807, 2.05) is 12.1 Å². The van der Waals surface area contributed by atoms with Gasteiger partial charge in [-0.2, -0.15) is 9.97 Å². The van der Waals surface area contributed by atoms with Crippen LogP contribution >= 0.6 is 0 Å². The Morgan fingerprint density at radius 1 is 0.456 bits per heavy atom. The van der Waals surface area contributed by atoms with Crippen LogP contribution in [0.15, 0.2) is 182 Å².